The summed E-state index contributed by atoms with van der Waals surface area (Å²) in [7, 11) is 0. The van der Waals surface area contributed by atoms with Gasteiger partial charge in [-0.2, -0.15) is 4.98 Å². The number of amides is 1. The van der Waals surface area contributed by atoms with Crippen molar-refractivity contribution in [2.24, 2.45) is 0 Å². The largest absolute Gasteiger partial charge is 0.381 e. The monoisotopic (exact) mass is 373 g/mol. The van der Waals surface area contributed by atoms with Crippen LogP contribution in [0.15, 0.2) is 28.8 Å². The highest BCUT2D eigenvalue weighted by Crippen LogP contribution is 2.36. The minimum absolute atomic E-state index is 0.00446. The van der Waals surface area contributed by atoms with E-state index in [1.807, 2.05) is 31.2 Å². The van der Waals surface area contributed by atoms with E-state index >= 15 is 4.39 Å². The van der Waals surface area contributed by atoms with Crippen molar-refractivity contribution in [3.63, 3.8) is 0 Å². The maximum atomic E-state index is 15.4. The molecule has 144 valence electrons. The predicted octanol–water partition coefficient (Wildman–Crippen LogP) is 2.91. The van der Waals surface area contributed by atoms with Gasteiger partial charge in [0.25, 0.3) is 5.89 Å². The molecule has 0 aliphatic carbocycles. The third kappa shape index (κ3) is 3.74. The van der Waals surface area contributed by atoms with Crippen LogP contribution in [-0.2, 0) is 21.6 Å². The van der Waals surface area contributed by atoms with Crippen molar-refractivity contribution in [2.75, 3.05) is 26.3 Å². The first-order valence-corrected chi connectivity index (χ1v) is 9.48. The van der Waals surface area contributed by atoms with Crippen LogP contribution in [0.2, 0.25) is 0 Å². The van der Waals surface area contributed by atoms with Gasteiger partial charge in [0.2, 0.25) is 11.6 Å². The van der Waals surface area contributed by atoms with Crippen LogP contribution in [0.5, 0.6) is 0 Å². The molecule has 0 spiro atoms. The zero-order valence-electron chi connectivity index (χ0n) is 15.5. The summed E-state index contributed by atoms with van der Waals surface area (Å²) in [6.07, 6.45) is 2.10. The Kier molecular flexibility index (Phi) is 4.95. The molecule has 1 amide bonds. The highest BCUT2D eigenvalue weighted by Gasteiger charge is 2.46. The van der Waals surface area contributed by atoms with E-state index in [1.165, 1.54) is 0 Å². The molecule has 0 radical (unpaired) electrons. The summed E-state index contributed by atoms with van der Waals surface area (Å²) in [5.74, 6) is 0.623. The smallest absolute Gasteiger partial charge is 0.266 e. The minimum Gasteiger partial charge on any atom is -0.381 e. The molecule has 2 aliphatic rings. The number of hydrogen-bond donors (Lipinski definition) is 0. The normalized spacial score (nSPS) is 23.7. The van der Waals surface area contributed by atoms with Gasteiger partial charge in [0.05, 0.1) is 13.0 Å². The molecule has 7 heteroatoms. The van der Waals surface area contributed by atoms with Crippen molar-refractivity contribution in [1.29, 1.82) is 0 Å². The summed E-state index contributed by atoms with van der Waals surface area (Å²) in [6.45, 7) is 3.62. The fraction of sp³-hybridized carbons (Fsp3) is 0.550. The number of nitrogens with zero attached hydrogens (tertiary/aromatic N) is 3. The fourth-order valence-electron chi connectivity index (χ4n) is 3.78. The SMILES string of the molecule is Cc1ccccc1CC(=O)N1CCC(F)(c2nc(C3CCOCC3)no2)C1. The van der Waals surface area contributed by atoms with E-state index in [2.05, 4.69) is 10.1 Å². The lowest BCUT2D eigenvalue weighted by Crippen LogP contribution is -2.33. The average Bonchev–Trinajstić information content (AvgIpc) is 3.33. The van der Waals surface area contributed by atoms with Crippen LogP contribution in [0.4, 0.5) is 4.39 Å². The third-order valence-corrected chi connectivity index (χ3v) is 5.59. The molecule has 27 heavy (non-hydrogen) atoms. The van der Waals surface area contributed by atoms with E-state index in [0.29, 0.717) is 25.6 Å². The number of halogens is 1. The molecule has 2 saturated heterocycles. The van der Waals surface area contributed by atoms with Gasteiger partial charge < -0.3 is 14.2 Å². The lowest BCUT2D eigenvalue weighted by molar-refractivity contribution is -0.130. The van der Waals surface area contributed by atoms with Gasteiger partial charge in [-0.1, -0.05) is 29.4 Å². The number of ether oxygens (including phenoxy) is 1. The van der Waals surface area contributed by atoms with Crippen LogP contribution in [0.25, 0.3) is 0 Å². The lowest BCUT2D eigenvalue weighted by atomic mass is 9.99. The maximum Gasteiger partial charge on any atom is 0.266 e. The summed E-state index contributed by atoms with van der Waals surface area (Å²) in [6, 6.07) is 7.76. The molecule has 1 aromatic carbocycles. The van der Waals surface area contributed by atoms with Gasteiger partial charge in [-0.25, -0.2) is 4.39 Å². The standard InChI is InChI=1S/C20H24FN3O3/c1-14-4-2-3-5-16(14)12-17(25)24-9-8-20(21,13-24)19-22-18(23-27-19)15-6-10-26-11-7-15/h2-5,15H,6-13H2,1H3. The van der Waals surface area contributed by atoms with Gasteiger partial charge in [0.15, 0.2) is 5.82 Å². The Morgan fingerprint density at radius 3 is 2.89 bits per heavy atom. The number of aryl methyl sites for hydroxylation is 1. The molecule has 1 atom stereocenters. The molecular weight excluding hydrogens is 349 g/mol. The molecular formula is C20H24FN3O3. The van der Waals surface area contributed by atoms with Crippen LogP contribution in [0, 0.1) is 6.92 Å². The van der Waals surface area contributed by atoms with Crippen molar-refractivity contribution in [3.05, 3.63) is 47.1 Å². The van der Waals surface area contributed by atoms with E-state index in [4.69, 9.17) is 9.26 Å². The second kappa shape index (κ2) is 7.38. The highest BCUT2D eigenvalue weighted by molar-refractivity contribution is 5.79. The van der Waals surface area contributed by atoms with Crippen LogP contribution in [0.1, 0.15) is 48.0 Å². The van der Waals surface area contributed by atoms with Crippen molar-refractivity contribution in [3.8, 4) is 0 Å². The number of aromatic nitrogens is 2. The number of alkyl halides is 1. The van der Waals surface area contributed by atoms with Crippen LogP contribution in [0.3, 0.4) is 0 Å². The number of hydrogen-bond acceptors (Lipinski definition) is 5. The van der Waals surface area contributed by atoms with E-state index < -0.39 is 5.67 Å². The third-order valence-electron chi connectivity index (χ3n) is 5.59. The molecule has 1 unspecified atom stereocenters. The Labute approximate surface area is 157 Å². The Bertz CT molecular complexity index is 818. The minimum atomic E-state index is -1.77. The quantitative estimate of drug-likeness (QED) is 0.824. The van der Waals surface area contributed by atoms with Crippen molar-refractivity contribution in [1.82, 2.24) is 15.0 Å². The number of carbonyl (C=O) groups excluding carboxylic acids is 1. The number of benzene rings is 1. The molecule has 3 heterocycles. The van der Waals surface area contributed by atoms with Gasteiger partial charge in [-0.3, -0.25) is 4.79 Å². The first kappa shape index (κ1) is 18.1. The van der Waals surface area contributed by atoms with Crippen LogP contribution >= 0.6 is 0 Å². The van der Waals surface area contributed by atoms with Crippen LogP contribution in [-0.4, -0.2) is 47.3 Å². The van der Waals surface area contributed by atoms with Gasteiger partial charge in [0.1, 0.15) is 0 Å². The molecule has 0 saturated carbocycles. The molecule has 4 rings (SSSR count). The Morgan fingerprint density at radius 2 is 2.11 bits per heavy atom. The van der Waals surface area contributed by atoms with E-state index in [0.717, 1.165) is 24.0 Å². The van der Waals surface area contributed by atoms with Gasteiger partial charge in [-0.15, -0.1) is 0 Å². The van der Waals surface area contributed by atoms with Gasteiger partial charge >= 0.3 is 0 Å². The molecule has 2 fully saturated rings. The average molecular weight is 373 g/mol. The van der Waals surface area contributed by atoms with E-state index in [1.54, 1.807) is 4.90 Å². The molecule has 2 aliphatic heterocycles. The number of likely N-dealkylation sites (tertiary alicyclic amines) is 1. The summed E-state index contributed by atoms with van der Waals surface area (Å²) in [5.41, 5.74) is 0.269. The number of rotatable bonds is 4. The zero-order valence-corrected chi connectivity index (χ0v) is 15.5. The van der Waals surface area contributed by atoms with Crippen molar-refractivity contribution < 1.29 is 18.4 Å². The topological polar surface area (TPSA) is 68.5 Å². The number of carbonyl (C=O) groups is 1. The molecule has 0 bridgehead atoms. The van der Waals surface area contributed by atoms with Gasteiger partial charge in [0, 0.05) is 32.1 Å². The molecule has 2 aromatic rings. The molecule has 1 aromatic heterocycles. The summed E-state index contributed by atoms with van der Waals surface area (Å²) < 4.78 is 26.0. The Morgan fingerprint density at radius 1 is 1.33 bits per heavy atom. The second-order valence-corrected chi connectivity index (χ2v) is 7.48. The first-order valence-electron chi connectivity index (χ1n) is 9.48. The zero-order chi connectivity index (χ0) is 18.9. The van der Waals surface area contributed by atoms with Gasteiger partial charge in [-0.05, 0) is 30.9 Å². The summed E-state index contributed by atoms with van der Waals surface area (Å²) in [5, 5.41) is 3.99. The molecule has 6 nitrogen and oxygen atoms in total. The Hall–Kier alpha value is -2.28. The second-order valence-electron chi connectivity index (χ2n) is 7.48. The summed E-state index contributed by atoms with van der Waals surface area (Å²) >= 11 is 0. The van der Waals surface area contributed by atoms with Crippen molar-refractivity contribution in [2.45, 2.75) is 44.2 Å². The lowest BCUT2D eigenvalue weighted by Gasteiger charge is -2.19. The van der Waals surface area contributed by atoms with Crippen LogP contribution < -0.4 is 0 Å². The highest BCUT2D eigenvalue weighted by atomic mass is 19.1. The molecule has 0 N–H and O–H groups in total. The van der Waals surface area contributed by atoms with E-state index in [-0.39, 0.29) is 37.1 Å². The maximum absolute atomic E-state index is 15.4. The van der Waals surface area contributed by atoms with Crippen molar-refractivity contribution >= 4 is 5.91 Å². The van der Waals surface area contributed by atoms with E-state index in [9.17, 15) is 4.79 Å². The summed E-state index contributed by atoms with van der Waals surface area (Å²) in [4.78, 5) is 18.5. The predicted molar refractivity (Wildman–Crippen MR) is 96.0 cm³/mol. The Balaban J connectivity index is 1.42. The fourth-order valence-corrected chi connectivity index (χ4v) is 3.78. The first-order chi connectivity index (χ1) is 13.0.